The fraction of sp³-hybridized carbons (Fsp3) is 0.312. The molecule has 0 atom stereocenters. The first-order valence-corrected chi connectivity index (χ1v) is 7.11. The predicted molar refractivity (Wildman–Crippen MR) is 87.7 cm³/mol. The topological polar surface area (TPSA) is 89.6 Å². The van der Waals surface area contributed by atoms with Gasteiger partial charge in [0.1, 0.15) is 11.6 Å². The quantitative estimate of drug-likeness (QED) is 0.720. The van der Waals surface area contributed by atoms with Gasteiger partial charge in [-0.25, -0.2) is 4.98 Å². The summed E-state index contributed by atoms with van der Waals surface area (Å²) in [4.78, 5) is 19.7. The number of nitrogens with two attached hydrogens (primary N) is 1. The number of nitrogens with zero attached hydrogens (tertiary/aromatic N) is 3. The van der Waals surface area contributed by atoms with Crippen LogP contribution in [0.3, 0.4) is 0 Å². The molecular formula is C16H19N5O. The third kappa shape index (κ3) is 2.16. The Balaban J connectivity index is 2.35. The Bertz CT molecular complexity index is 914. The number of aryl methyl sites for hydroxylation is 1. The number of aromatic nitrogens is 4. The largest absolute Gasteiger partial charge is 0.383 e. The molecule has 0 saturated heterocycles. The molecule has 1 aromatic carbocycles. The summed E-state index contributed by atoms with van der Waals surface area (Å²) in [6.07, 6.45) is 0. The van der Waals surface area contributed by atoms with Crippen LogP contribution in [-0.4, -0.2) is 19.7 Å². The van der Waals surface area contributed by atoms with E-state index in [1.54, 1.807) is 17.8 Å². The number of hydrogen-bond acceptors (Lipinski definition) is 4. The Kier molecular flexibility index (Phi) is 3.05. The minimum atomic E-state index is -0.213. The molecule has 2 aromatic heterocycles. The molecule has 6 nitrogen and oxygen atoms in total. The van der Waals surface area contributed by atoms with Crippen LogP contribution in [0.5, 0.6) is 0 Å². The molecule has 0 unspecified atom stereocenters. The van der Waals surface area contributed by atoms with Crippen molar-refractivity contribution in [3.63, 3.8) is 0 Å². The van der Waals surface area contributed by atoms with E-state index in [4.69, 9.17) is 5.73 Å². The normalized spacial score (nSPS) is 12.0. The van der Waals surface area contributed by atoms with Gasteiger partial charge in [-0.1, -0.05) is 32.9 Å². The lowest BCUT2D eigenvalue weighted by Gasteiger charge is -2.17. The van der Waals surface area contributed by atoms with Gasteiger partial charge in [0.15, 0.2) is 0 Å². The lowest BCUT2D eigenvalue weighted by atomic mass is 9.89. The summed E-state index contributed by atoms with van der Waals surface area (Å²) >= 11 is 0. The Morgan fingerprint density at radius 2 is 1.91 bits per heavy atom. The van der Waals surface area contributed by atoms with E-state index in [-0.39, 0.29) is 11.0 Å². The number of hydrogen-bond donors (Lipinski definition) is 2. The molecule has 2 heterocycles. The van der Waals surface area contributed by atoms with Gasteiger partial charge in [0.05, 0.1) is 22.2 Å². The molecule has 0 amide bonds. The molecule has 0 aliphatic rings. The van der Waals surface area contributed by atoms with Crippen molar-refractivity contribution in [1.29, 1.82) is 0 Å². The van der Waals surface area contributed by atoms with Crippen LogP contribution in [0.4, 0.5) is 5.82 Å². The first-order valence-electron chi connectivity index (χ1n) is 7.11. The number of rotatable bonds is 1. The van der Waals surface area contributed by atoms with Gasteiger partial charge in [0.25, 0.3) is 5.56 Å². The number of anilines is 1. The lowest BCUT2D eigenvalue weighted by molar-refractivity contribution is 0.554. The SMILES string of the molecule is Cn1nc(C(C)(C)C)c(-c2nc3ccccc3c(=O)[nH]2)c1N. The van der Waals surface area contributed by atoms with Crippen LogP contribution in [0.25, 0.3) is 22.3 Å². The minimum absolute atomic E-state index is 0.177. The lowest BCUT2D eigenvalue weighted by Crippen LogP contribution is -2.16. The zero-order chi connectivity index (χ0) is 16.1. The molecule has 114 valence electrons. The highest BCUT2D eigenvalue weighted by Crippen LogP contribution is 2.34. The van der Waals surface area contributed by atoms with Crippen molar-refractivity contribution in [3.8, 4) is 11.4 Å². The Morgan fingerprint density at radius 3 is 2.59 bits per heavy atom. The molecule has 3 aromatic rings. The van der Waals surface area contributed by atoms with E-state index in [1.165, 1.54) is 0 Å². The van der Waals surface area contributed by atoms with E-state index in [0.717, 1.165) is 5.69 Å². The van der Waals surface area contributed by atoms with Gasteiger partial charge in [-0.3, -0.25) is 9.48 Å². The van der Waals surface area contributed by atoms with E-state index in [0.29, 0.717) is 28.1 Å². The van der Waals surface area contributed by atoms with Gasteiger partial charge in [-0.15, -0.1) is 0 Å². The van der Waals surface area contributed by atoms with Crippen molar-refractivity contribution in [1.82, 2.24) is 19.7 Å². The van der Waals surface area contributed by atoms with Crippen LogP contribution in [-0.2, 0) is 12.5 Å². The van der Waals surface area contributed by atoms with Crippen molar-refractivity contribution < 1.29 is 0 Å². The Labute approximate surface area is 128 Å². The molecule has 3 N–H and O–H groups in total. The average Bonchev–Trinajstić information content (AvgIpc) is 2.75. The zero-order valence-electron chi connectivity index (χ0n) is 13.1. The molecule has 0 aliphatic carbocycles. The Hall–Kier alpha value is -2.63. The number of nitrogens with one attached hydrogen (secondary N) is 1. The second-order valence-corrected chi connectivity index (χ2v) is 6.41. The van der Waals surface area contributed by atoms with Gasteiger partial charge in [0.2, 0.25) is 0 Å². The maximum atomic E-state index is 12.3. The first kappa shape index (κ1) is 14.3. The van der Waals surface area contributed by atoms with E-state index < -0.39 is 0 Å². The molecule has 22 heavy (non-hydrogen) atoms. The summed E-state index contributed by atoms with van der Waals surface area (Å²) < 4.78 is 1.62. The van der Waals surface area contributed by atoms with Crippen molar-refractivity contribution in [2.75, 3.05) is 5.73 Å². The van der Waals surface area contributed by atoms with Crippen LogP contribution in [0.15, 0.2) is 29.1 Å². The van der Waals surface area contributed by atoms with Crippen LogP contribution in [0.1, 0.15) is 26.5 Å². The van der Waals surface area contributed by atoms with Gasteiger partial charge in [-0.05, 0) is 12.1 Å². The number of fused-ring (bicyclic) bond motifs is 1. The standard InChI is InChI=1S/C16H19N5O/c1-16(2,3)12-11(13(17)21(4)20-12)14-18-10-8-6-5-7-9(10)15(22)19-14/h5-8H,17H2,1-4H3,(H,18,19,22). The number of para-hydroxylation sites is 1. The average molecular weight is 297 g/mol. The van der Waals surface area contributed by atoms with E-state index in [2.05, 4.69) is 35.8 Å². The van der Waals surface area contributed by atoms with Gasteiger partial charge >= 0.3 is 0 Å². The highest BCUT2D eigenvalue weighted by atomic mass is 16.1. The summed E-state index contributed by atoms with van der Waals surface area (Å²) in [5.74, 6) is 0.947. The first-order chi connectivity index (χ1) is 10.3. The molecule has 0 radical (unpaired) electrons. The molecule has 0 bridgehead atoms. The van der Waals surface area contributed by atoms with E-state index in [9.17, 15) is 4.79 Å². The summed E-state index contributed by atoms with van der Waals surface area (Å²) in [7, 11) is 1.78. The van der Waals surface area contributed by atoms with Crippen molar-refractivity contribution >= 4 is 16.7 Å². The zero-order valence-corrected chi connectivity index (χ0v) is 13.1. The number of nitrogen functional groups attached to an aromatic ring is 1. The maximum absolute atomic E-state index is 12.3. The highest BCUT2D eigenvalue weighted by molar-refractivity contribution is 5.81. The monoisotopic (exact) mass is 297 g/mol. The number of H-pyrrole nitrogens is 1. The maximum Gasteiger partial charge on any atom is 0.259 e. The van der Waals surface area contributed by atoms with Crippen molar-refractivity contribution in [2.45, 2.75) is 26.2 Å². The molecule has 0 aliphatic heterocycles. The number of aromatic amines is 1. The highest BCUT2D eigenvalue weighted by Gasteiger charge is 2.27. The fourth-order valence-electron chi connectivity index (χ4n) is 2.50. The third-order valence-corrected chi connectivity index (χ3v) is 3.65. The van der Waals surface area contributed by atoms with Crippen LogP contribution in [0, 0.1) is 0 Å². The van der Waals surface area contributed by atoms with Crippen LogP contribution < -0.4 is 11.3 Å². The second kappa shape index (κ2) is 4.69. The third-order valence-electron chi connectivity index (χ3n) is 3.65. The van der Waals surface area contributed by atoms with Gasteiger partial charge in [0, 0.05) is 12.5 Å². The van der Waals surface area contributed by atoms with Crippen molar-refractivity contribution in [2.24, 2.45) is 7.05 Å². The molecule has 6 heteroatoms. The number of benzene rings is 1. The smallest absolute Gasteiger partial charge is 0.259 e. The van der Waals surface area contributed by atoms with Crippen LogP contribution in [0.2, 0.25) is 0 Å². The summed E-state index contributed by atoms with van der Waals surface area (Å²) in [6, 6.07) is 7.24. The van der Waals surface area contributed by atoms with Gasteiger partial charge < -0.3 is 10.7 Å². The van der Waals surface area contributed by atoms with Crippen LogP contribution >= 0.6 is 0 Å². The Morgan fingerprint density at radius 1 is 1.23 bits per heavy atom. The summed E-state index contributed by atoms with van der Waals surface area (Å²) in [6.45, 7) is 6.16. The van der Waals surface area contributed by atoms with E-state index in [1.807, 2.05) is 18.2 Å². The predicted octanol–water partition coefficient (Wildman–Crippen LogP) is 2.20. The van der Waals surface area contributed by atoms with E-state index >= 15 is 0 Å². The second-order valence-electron chi connectivity index (χ2n) is 6.41. The minimum Gasteiger partial charge on any atom is -0.383 e. The molecular weight excluding hydrogens is 278 g/mol. The summed E-state index contributed by atoms with van der Waals surface area (Å²) in [5.41, 5.74) is 7.92. The molecule has 0 spiro atoms. The molecule has 3 rings (SSSR count). The van der Waals surface area contributed by atoms with Crippen molar-refractivity contribution in [3.05, 3.63) is 40.3 Å². The fourth-order valence-corrected chi connectivity index (χ4v) is 2.50. The van der Waals surface area contributed by atoms with Gasteiger partial charge in [-0.2, -0.15) is 5.10 Å². The summed E-state index contributed by atoms with van der Waals surface area (Å²) in [5, 5.41) is 5.06. The molecule has 0 fully saturated rings. The molecule has 0 saturated carbocycles.